The molecule has 2 rings (SSSR count). The Hall–Kier alpha value is -1.55. The highest BCUT2D eigenvalue weighted by Gasteiger charge is 2.21. The Morgan fingerprint density at radius 1 is 1.36 bits per heavy atom. The summed E-state index contributed by atoms with van der Waals surface area (Å²) in [5.41, 5.74) is 3.80. The quantitative estimate of drug-likeness (QED) is 0.678. The molecule has 2 N–H and O–H groups in total. The largest absolute Gasteiger partial charge is 0.287 e. The van der Waals surface area contributed by atoms with Crippen LogP contribution in [0.4, 0.5) is 5.69 Å². The normalized spacial score (nSPS) is 21.9. The first-order chi connectivity index (χ1) is 6.77. The van der Waals surface area contributed by atoms with Crippen molar-refractivity contribution in [1.29, 1.82) is 0 Å². The Morgan fingerprint density at radius 3 is 2.71 bits per heavy atom. The maximum atomic E-state index is 11.4. The molecule has 1 aliphatic rings. The maximum absolute atomic E-state index is 11.4. The monoisotopic (exact) mass is 191 g/mol. The van der Waals surface area contributed by atoms with Gasteiger partial charge in [0.2, 0.25) is 0 Å². The summed E-state index contributed by atoms with van der Waals surface area (Å²) in [7, 11) is 0. The van der Waals surface area contributed by atoms with Gasteiger partial charge in [0.05, 0.1) is 18.4 Å². The van der Waals surface area contributed by atoms with Crippen LogP contribution >= 0.6 is 0 Å². The van der Waals surface area contributed by atoms with Gasteiger partial charge in [-0.3, -0.25) is 20.5 Å². The van der Waals surface area contributed by atoms with Crippen molar-refractivity contribution in [3.63, 3.8) is 0 Å². The number of hydrogen-bond acceptors (Lipinski definition) is 3. The number of benzene rings is 1. The molecule has 0 unspecified atom stereocenters. The molecule has 0 spiro atoms. The molecular weight excluding hydrogens is 178 g/mol. The minimum Gasteiger partial charge on any atom is -0.287 e. The standard InChI is InChI=1S/C10H13N3O/c1-8-10(14)12-13(7-11-8)9-5-3-2-4-6-9/h2-6,8,11H,7H2,1H3,(H,12,14)/t8-/m0/s1. The van der Waals surface area contributed by atoms with Crippen LogP contribution in [0.2, 0.25) is 0 Å². The number of carbonyl (C=O) groups is 1. The third-order valence-corrected chi connectivity index (χ3v) is 2.26. The van der Waals surface area contributed by atoms with E-state index in [0.29, 0.717) is 6.67 Å². The minimum absolute atomic E-state index is 0.0000954. The van der Waals surface area contributed by atoms with Gasteiger partial charge in [0.1, 0.15) is 0 Å². The van der Waals surface area contributed by atoms with Crippen molar-refractivity contribution in [2.24, 2.45) is 0 Å². The summed E-state index contributed by atoms with van der Waals surface area (Å²) >= 11 is 0. The van der Waals surface area contributed by atoms with Gasteiger partial charge >= 0.3 is 0 Å². The van der Waals surface area contributed by atoms with Gasteiger partial charge in [-0.25, -0.2) is 0 Å². The van der Waals surface area contributed by atoms with Crippen molar-refractivity contribution in [1.82, 2.24) is 10.7 Å². The van der Waals surface area contributed by atoms with Gasteiger partial charge in [-0.1, -0.05) is 18.2 Å². The molecule has 1 fully saturated rings. The number of nitrogens with one attached hydrogen (secondary N) is 2. The van der Waals surface area contributed by atoms with Crippen molar-refractivity contribution in [2.45, 2.75) is 13.0 Å². The van der Waals surface area contributed by atoms with Crippen LogP contribution in [0.25, 0.3) is 0 Å². The number of anilines is 1. The number of amides is 1. The van der Waals surface area contributed by atoms with Crippen molar-refractivity contribution in [3.8, 4) is 0 Å². The predicted octanol–water partition coefficient (Wildman–Crippen LogP) is 0.473. The van der Waals surface area contributed by atoms with E-state index in [1.807, 2.05) is 37.3 Å². The maximum Gasteiger partial charge on any atom is 0.255 e. The Bertz CT molecular complexity index is 325. The van der Waals surface area contributed by atoms with Crippen LogP contribution in [0.3, 0.4) is 0 Å². The fourth-order valence-corrected chi connectivity index (χ4v) is 1.35. The molecule has 1 aliphatic heterocycles. The number of carbonyl (C=O) groups excluding carboxylic acids is 1. The second kappa shape index (κ2) is 3.67. The molecule has 1 atom stereocenters. The number of hydrazine groups is 1. The van der Waals surface area contributed by atoms with E-state index in [4.69, 9.17) is 0 Å². The van der Waals surface area contributed by atoms with E-state index in [1.54, 1.807) is 5.01 Å². The first-order valence-electron chi connectivity index (χ1n) is 4.64. The summed E-state index contributed by atoms with van der Waals surface area (Å²) < 4.78 is 0. The van der Waals surface area contributed by atoms with E-state index in [1.165, 1.54) is 0 Å². The average molecular weight is 191 g/mol. The zero-order valence-corrected chi connectivity index (χ0v) is 8.03. The van der Waals surface area contributed by atoms with Crippen molar-refractivity contribution in [3.05, 3.63) is 30.3 Å². The summed E-state index contributed by atoms with van der Waals surface area (Å²) in [5, 5.41) is 4.89. The molecule has 0 aromatic heterocycles. The van der Waals surface area contributed by atoms with Crippen LogP contribution < -0.4 is 15.8 Å². The molecule has 74 valence electrons. The first-order valence-corrected chi connectivity index (χ1v) is 4.64. The van der Waals surface area contributed by atoms with Gasteiger partial charge in [0.25, 0.3) is 5.91 Å². The summed E-state index contributed by atoms with van der Waals surface area (Å²) in [6, 6.07) is 9.63. The Kier molecular flexibility index (Phi) is 2.37. The molecule has 0 aliphatic carbocycles. The summed E-state index contributed by atoms with van der Waals surface area (Å²) in [6.45, 7) is 2.48. The van der Waals surface area contributed by atoms with Crippen LogP contribution in [-0.4, -0.2) is 18.6 Å². The van der Waals surface area contributed by atoms with E-state index in [2.05, 4.69) is 10.7 Å². The molecule has 4 heteroatoms. The molecule has 1 aromatic rings. The SMILES string of the molecule is C[C@@H]1NCN(c2ccccc2)NC1=O. The summed E-state index contributed by atoms with van der Waals surface area (Å²) in [4.78, 5) is 11.4. The van der Waals surface area contributed by atoms with Crippen molar-refractivity contribution >= 4 is 11.6 Å². The van der Waals surface area contributed by atoms with E-state index in [-0.39, 0.29) is 11.9 Å². The highest BCUT2D eigenvalue weighted by atomic mass is 16.2. The topological polar surface area (TPSA) is 44.4 Å². The van der Waals surface area contributed by atoms with E-state index in [9.17, 15) is 4.79 Å². The van der Waals surface area contributed by atoms with E-state index >= 15 is 0 Å². The van der Waals surface area contributed by atoms with Gasteiger partial charge in [0, 0.05) is 0 Å². The zero-order valence-electron chi connectivity index (χ0n) is 8.03. The number of nitrogens with zero attached hydrogens (tertiary/aromatic N) is 1. The second-order valence-corrected chi connectivity index (χ2v) is 3.32. The lowest BCUT2D eigenvalue weighted by Gasteiger charge is -2.32. The third-order valence-electron chi connectivity index (χ3n) is 2.26. The molecule has 1 amide bonds. The number of hydrogen-bond donors (Lipinski definition) is 2. The van der Waals surface area contributed by atoms with Gasteiger partial charge in [0.15, 0.2) is 0 Å². The van der Waals surface area contributed by atoms with Crippen LogP contribution in [0.15, 0.2) is 30.3 Å². The third kappa shape index (κ3) is 1.70. The Morgan fingerprint density at radius 2 is 2.07 bits per heavy atom. The molecule has 1 aromatic carbocycles. The molecule has 1 heterocycles. The van der Waals surface area contributed by atoms with Gasteiger partial charge in [-0.05, 0) is 19.1 Å². The number of para-hydroxylation sites is 1. The molecule has 0 saturated carbocycles. The molecule has 14 heavy (non-hydrogen) atoms. The average Bonchev–Trinajstić information content (AvgIpc) is 2.23. The highest BCUT2D eigenvalue weighted by molar-refractivity contribution is 5.83. The molecule has 0 radical (unpaired) electrons. The Balaban J connectivity index is 2.11. The minimum atomic E-state index is -0.116. The number of rotatable bonds is 1. The summed E-state index contributed by atoms with van der Waals surface area (Å²) in [6.07, 6.45) is 0. The molecule has 1 saturated heterocycles. The van der Waals surface area contributed by atoms with Crippen molar-refractivity contribution < 1.29 is 4.79 Å². The smallest absolute Gasteiger partial charge is 0.255 e. The zero-order chi connectivity index (χ0) is 9.97. The lowest BCUT2D eigenvalue weighted by Crippen LogP contribution is -2.60. The van der Waals surface area contributed by atoms with Crippen LogP contribution in [0.5, 0.6) is 0 Å². The highest BCUT2D eigenvalue weighted by Crippen LogP contribution is 2.11. The first kappa shape index (κ1) is 9.02. The molecule has 0 bridgehead atoms. The second-order valence-electron chi connectivity index (χ2n) is 3.32. The fourth-order valence-electron chi connectivity index (χ4n) is 1.35. The van der Waals surface area contributed by atoms with Crippen LogP contribution in [0.1, 0.15) is 6.92 Å². The van der Waals surface area contributed by atoms with E-state index in [0.717, 1.165) is 5.69 Å². The van der Waals surface area contributed by atoms with Crippen LogP contribution in [-0.2, 0) is 4.79 Å². The van der Waals surface area contributed by atoms with Gasteiger partial charge < -0.3 is 0 Å². The summed E-state index contributed by atoms with van der Waals surface area (Å²) in [5.74, 6) is 0.0000954. The molecular formula is C10H13N3O. The fraction of sp³-hybridized carbons (Fsp3) is 0.300. The Labute approximate surface area is 82.9 Å². The van der Waals surface area contributed by atoms with Gasteiger partial charge in [-0.15, -0.1) is 0 Å². The van der Waals surface area contributed by atoms with Gasteiger partial charge in [-0.2, -0.15) is 0 Å². The lowest BCUT2D eigenvalue weighted by atomic mass is 10.3. The lowest BCUT2D eigenvalue weighted by molar-refractivity contribution is -0.124. The van der Waals surface area contributed by atoms with E-state index < -0.39 is 0 Å². The van der Waals surface area contributed by atoms with Crippen molar-refractivity contribution in [2.75, 3.05) is 11.7 Å². The van der Waals surface area contributed by atoms with Crippen LogP contribution in [0, 0.1) is 0 Å². The predicted molar refractivity (Wildman–Crippen MR) is 54.5 cm³/mol. The molecule has 4 nitrogen and oxygen atoms in total.